The fourth-order valence-corrected chi connectivity index (χ4v) is 1.87. The number of pyridine rings is 1. The number of carbonyl (C=O) groups is 2. The molecule has 0 aliphatic carbocycles. The lowest BCUT2D eigenvalue weighted by Crippen LogP contribution is -2.40. The van der Waals surface area contributed by atoms with Gasteiger partial charge in [-0.2, -0.15) is 0 Å². The van der Waals surface area contributed by atoms with E-state index in [1.54, 1.807) is 23.4 Å². The number of amides is 1. The second kappa shape index (κ2) is 4.43. The van der Waals surface area contributed by atoms with Crippen LogP contribution in [0.2, 0.25) is 0 Å². The van der Waals surface area contributed by atoms with E-state index < -0.39 is 0 Å². The molecule has 4 nitrogen and oxygen atoms in total. The van der Waals surface area contributed by atoms with E-state index in [9.17, 15) is 9.59 Å². The van der Waals surface area contributed by atoms with Crippen LogP contribution in [-0.4, -0.2) is 34.7 Å². The van der Waals surface area contributed by atoms with E-state index >= 15 is 0 Å². The van der Waals surface area contributed by atoms with Crippen LogP contribution < -0.4 is 0 Å². The molecule has 0 atom stereocenters. The fraction of sp³-hybridized carbons (Fsp3) is 0.417. The van der Waals surface area contributed by atoms with E-state index in [0.29, 0.717) is 18.5 Å². The van der Waals surface area contributed by atoms with Gasteiger partial charge in [-0.1, -0.05) is 0 Å². The van der Waals surface area contributed by atoms with Gasteiger partial charge in [0.15, 0.2) is 5.78 Å². The van der Waals surface area contributed by atoms with E-state index in [2.05, 4.69) is 4.98 Å². The topological polar surface area (TPSA) is 50.3 Å². The Balaban J connectivity index is 2.15. The normalized spacial score (nSPS) is 16.3. The smallest absolute Gasteiger partial charge is 0.255 e. The maximum Gasteiger partial charge on any atom is 0.255 e. The minimum atomic E-state index is -0.0933. The van der Waals surface area contributed by atoms with Crippen molar-refractivity contribution in [3.05, 3.63) is 29.6 Å². The summed E-state index contributed by atoms with van der Waals surface area (Å²) < 4.78 is 0. The molecule has 0 bridgehead atoms. The van der Waals surface area contributed by atoms with Crippen molar-refractivity contribution >= 4 is 11.7 Å². The number of piperidine rings is 1. The quantitative estimate of drug-likeness (QED) is 0.711. The minimum Gasteiger partial charge on any atom is -0.331 e. The summed E-state index contributed by atoms with van der Waals surface area (Å²) in [7, 11) is 0. The Bertz CT molecular complexity index is 429. The molecule has 0 unspecified atom stereocenters. The molecule has 4 heteroatoms. The van der Waals surface area contributed by atoms with Crippen molar-refractivity contribution in [2.24, 2.45) is 0 Å². The van der Waals surface area contributed by atoms with Crippen LogP contribution in [0.5, 0.6) is 0 Å². The number of nitrogens with zero attached hydrogens (tertiary/aromatic N) is 2. The maximum atomic E-state index is 12.0. The standard InChI is InChI=1S/C12H14N2O2/c1-9-5-10(7-13-6-9)12(16)14-4-2-3-11(15)8-14/h5-7H,2-4,8H2,1H3. The SMILES string of the molecule is Cc1cncc(C(=O)N2CCCC(=O)C2)c1. The van der Waals surface area contributed by atoms with Crippen LogP contribution in [-0.2, 0) is 4.79 Å². The van der Waals surface area contributed by atoms with Gasteiger partial charge in [0.2, 0.25) is 0 Å². The number of likely N-dealkylation sites (tertiary alicyclic amines) is 1. The van der Waals surface area contributed by atoms with Gasteiger partial charge >= 0.3 is 0 Å². The summed E-state index contributed by atoms with van der Waals surface area (Å²) in [5, 5.41) is 0. The molecule has 0 saturated carbocycles. The highest BCUT2D eigenvalue weighted by Crippen LogP contribution is 2.11. The summed E-state index contributed by atoms with van der Waals surface area (Å²) in [6, 6.07) is 1.80. The lowest BCUT2D eigenvalue weighted by molar-refractivity contribution is -0.121. The highest BCUT2D eigenvalue weighted by Gasteiger charge is 2.22. The first-order chi connectivity index (χ1) is 7.66. The molecule has 1 aromatic rings. The average Bonchev–Trinajstić information content (AvgIpc) is 2.28. The molecule has 0 N–H and O–H groups in total. The zero-order chi connectivity index (χ0) is 11.5. The molecule has 0 aromatic carbocycles. The first kappa shape index (κ1) is 10.8. The predicted octanol–water partition coefficient (Wildman–Crippen LogP) is 1.20. The minimum absolute atomic E-state index is 0.0933. The number of carbonyl (C=O) groups excluding carboxylic acids is 2. The Hall–Kier alpha value is -1.71. The van der Waals surface area contributed by atoms with E-state index in [4.69, 9.17) is 0 Å². The number of hydrogen-bond donors (Lipinski definition) is 0. The highest BCUT2D eigenvalue weighted by atomic mass is 16.2. The lowest BCUT2D eigenvalue weighted by atomic mass is 10.1. The third kappa shape index (κ3) is 2.27. The van der Waals surface area contributed by atoms with Crippen LogP contribution in [0.4, 0.5) is 0 Å². The van der Waals surface area contributed by atoms with Gasteiger partial charge in [-0.05, 0) is 25.0 Å². The number of aromatic nitrogens is 1. The van der Waals surface area contributed by atoms with Crippen molar-refractivity contribution in [1.29, 1.82) is 0 Å². The summed E-state index contributed by atoms with van der Waals surface area (Å²) in [6.45, 7) is 2.80. The average molecular weight is 218 g/mol. The van der Waals surface area contributed by atoms with Crippen LogP contribution >= 0.6 is 0 Å². The van der Waals surface area contributed by atoms with Crippen molar-refractivity contribution < 1.29 is 9.59 Å². The summed E-state index contributed by atoms with van der Waals surface area (Å²) in [6.07, 6.45) is 4.62. The van der Waals surface area contributed by atoms with Crippen LogP contribution in [0.15, 0.2) is 18.5 Å². The van der Waals surface area contributed by atoms with Crippen LogP contribution in [0.1, 0.15) is 28.8 Å². The first-order valence-corrected chi connectivity index (χ1v) is 5.39. The lowest BCUT2D eigenvalue weighted by Gasteiger charge is -2.25. The molecule has 0 spiro atoms. The number of ketones is 1. The number of Topliss-reactive ketones (excluding diaryl/α,β-unsaturated/α-hetero) is 1. The third-order valence-electron chi connectivity index (χ3n) is 2.66. The van der Waals surface area contributed by atoms with Gasteiger partial charge in [-0.3, -0.25) is 14.6 Å². The molecular formula is C12H14N2O2. The molecule has 1 aliphatic rings. The Morgan fingerprint density at radius 3 is 2.94 bits per heavy atom. The first-order valence-electron chi connectivity index (χ1n) is 5.39. The van der Waals surface area contributed by atoms with Gasteiger partial charge in [0, 0.05) is 25.4 Å². The summed E-state index contributed by atoms with van der Waals surface area (Å²) in [5.41, 5.74) is 1.52. The maximum absolute atomic E-state index is 12.0. The van der Waals surface area contributed by atoms with Gasteiger partial charge in [0.1, 0.15) is 0 Å². The van der Waals surface area contributed by atoms with E-state index in [-0.39, 0.29) is 18.2 Å². The van der Waals surface area contributed by atoms with Crippen LogP contribution in [0, 0.1) is 6.92 Å². The Labute approximate surface area is 94.3 Å². The molecule has 1 aromatic heterocycles. The highest BCUT2D eigenvalue weighted by molar-refractivity contribution is 5.97. The van der Waals surface area contributed by atoms with Gasteiger partial charge in [0.25, 0.3) is 5.91 Å². The summed E-state index contributed by atoms with van der Waals surface area (Å²) in [4.78, 5) is 28.9. The van der Waals surface area contributed by atoms with Crippen molar-refractivity contribution in [2.75, 3.05) is 13.1 Å². The number of aryl methyl sites for hydroxylation is 1. The molecule has 1 aliphatic heterocycles. The second-order valence-corrected chi connectivity index (χ2v) is 4.12. The van der Waals surface area contributed by atoms with E-state index in [0.717, 1.165) is 12.0 Å². The van der Waals surface area contributed by atoms with Gasteiger partial charge in [-0.15, -0.1) is 0 Å². The Morgan fingerprint density at radius 2 is 2.25 bits per heavy atom. The number of rotatable bonds is 1. The Morgan fingerprint density at radius 1 is 1.44 bits per heavy atom. The molecule has 16 heavy (non-hydrogen) atoms. The van der Waals surface area contributed by atoms with Crippen molar-refractivity contribution in [2.45, 2.75) is 19.8 Å². The van der Waals surface area contributed by atoms with Gasteiger partial charge in [0.05, 0.1) is 12.1 Å². The molecule has 1 amide bonds. The third-order valence-corrected chi connectivity index (χ3v) is 2.66. The zero-order valence-corrected chi connectivity index (χ0v) is 9.27. The van der Waals surface area contributed by atoms with Crippen molar-refractivity contribution in [3.63, 3.8) is 0 Å². The van der Waals surface area contributed by atoms with Crippen LogP contribution in [0.3, 0.4) is 0 Å². The Kier molecular flexibility index (Phi) is 2.99. The van der Waals surface area contributed by atoms with Crippen LogP contribution in [0.25, 0.3) is 0 Å². The summed E-state index contributed by atoms with van der Waals surface area (Å²) in [5.74, 6) is 0.0458. The van der Waals surface area contributed by atoms with Crippen molar-refractivity contribution in [3.8, 4) is 0 Å². The van der Waals surface area contributed by atoms with Crippen molar-refractivity contribution in [1.82, 2.24) is 9.88 Å². The van der Waals surface area contributed by atoms with E-state index in [1.165, 1.54) is 0 Å². The molecule has 2 rings (SSSR count). The second-order valence-electron chi connectivity index (χ2n) is 4.12. The monoisotopic (exact) mass is 218 g/mol. The van der Waals surface area contributed by atoms with Gasteiger partial charge < -0.3 is 4.90 Å². The fourth-order valence-electron chi connectivity index (χ4n) is 1.87. The molecule has 1 saturated heterocycles. The molecular weight excluding hydrogens is 204 g/mol. The molecule has 1 fully saturated rings. The summed E-state index contributed by atoms with van der Waals surface area (Å²) >= 11 is 0. The molecule has 2 heterocycles. The molecule has 84 valence electrons. The predicted molar refractivity (Wildman–Crippen MR) is 59.1 cm³/mol. The van der Waals surface area contributed by atoms with Gasteiger partial charge in [-0.25, -0.2) is 0 Å². The zero-order valence-electron chi connectivity index (χ0n) is 9.27. The van der Waals surface area contributed by atoms with E-state index in [1.807, 2.05) is 6.92 Å². The molecule has 0 radical (unpaired) electrons. The number of hydrogen-bond acceptors (Lipinski definition) is 3. The largest absolute Gasteiger partial charge is 0.331 e.